The average molecular weight is 246 g/mol. The minimum atomic E-state index is -5.47. The number of hydrogen-bond acceptors (Lipinski definition) is 0. The second-order valence-electron chi connectivity index (χ2n) is 3.20. The molecule has 0 heterocycles. The van der Waals surface area contributed by atoms with E-state index in [9.17, 15) is 39.5 Å². The molecular weight excluding hydrogens is 243 g/mol. The molecule has 1 rings (SSSR count). The Bertz CT molecular complexity index is 194. The van der Waals surface area contributed by atoms with Crippen LogP contribution in [0.5, 0.6) is 0 Å². The molecule has 1 saturated carbocycles. The van der Waals surface area contributed by atoms with Crippen LogP contribution >= 0.6 is 0 Å². The first-order valence-electron chi connectivity index (χ1n) is 3.57. The van der Waals surface area contributed by atoms with E-state index in [1.807, 2.05) is 0 Å². The lowest BCUT2D eigenvalue weighted by Gasteiger charge is -2.06. The van der Waals surface area contributed by atoms with Gasteiger partial charge in [-0.1, -0.05) is 0 Å². The lowest BCUT2D eigenvalue weighted by Crippen LogP contribution is -2.19. The summed E-state index contributed by atoms with van der Waals surface area (Å²) in [6, 6.07) is 0. The third-order valence-corrected chi connectivity index (χ3v) is 2.15. The Kier molecular flexibility index (Phi) is 2.44. The van der Waals surface area contributed by atoms with Crippen molar-refractivity contribution < 1.29 is 39.5 Å². The summed E-state index contributed by atoms with van der Waals surface area (Å²) in [6.07, 6.45) is -16.4. The van der Waals surface area contributed by atoms with Gasteiger partial charge in [0.15, 0.2) is 0 Å². The predicted octanol–water partition coefficient (Wildman–Crippen LogP) is 3.54. The topological polar surface area (TPSA) is 0 Å². The van der Waals surface area contributed by atoms with Crippen LogP contribution in [0.15, 0.2) is 0 Å². The Morgan fingerprint density at radius 3 is 0.600 bits per heavy atom. The highest BCUT2D eigenvalue weighted by atomic mass is 19.4. The summed E-state index contributed by atoms with van der Waals surface area (Å²) < 4.78 is 106. The van der Waals surface area contributed by atoms with Gasteiger partial charge in [-0.2, -0.15) is 39.5 Å². The van der Waals surface area contributed by atoms with Crippen molar-refractivity contribution in [2.45, 2.75) is 18.5 Å². The Labute approximate surface area is 77.0 Å². The molecule has 0 saturated heterocycles. The minimum absolute atomic E-state index is 3.35. The first-order chi connectivity index (χ1) is 6.37. The summed E-state index contributed by atoms with van der Waals surface area (Å²) in [5, 5.41) is 0. The van der Waals surface area contributed by atoms with Crippen LogP contribution in [0, 0.1) is 17.8 Å². The quantitative estimate of drug-likeness (QED) is 0.573. The zero-order valence-electron chi connectivity index (χ0n) is 6.63. The third-order valence-electron chi connectivity index (χ3n) is 2.15. The Hall–Kier alpha value is -0.630. The van der Waals surface area contributed by atoms with E-state index in [0.717, 1.165) is 0 Å². The van der Waals surface area contributed by atoms with Gasteiger partial charge in [0.25, 0.3) is 0 Å². The average Bonchev–Trinajstić information content (AvgIpc) is 2.51. The van der Waals surface area contributed by atoms with Gasteiger partial charge in [-0.25, -0.2) is 0 Å². The smallest absolute Gasteiger partial charge is 0.171 e. The normalized spacial score (nSPS) is 33.0. The van der Waals surface area contributed by atoms with E-state index in [-0.39, 0.29) is 0 Å². The molecule has 0 amide bonds. The summed E-state index contributed by atoms with van der Waals surface area (Å²) in [7, 11) is 0. The molecule has 0 aliphatic heterocycles. The van der Waals surface area contributed by atoms with Crippen molar-refractivity contribution in [2.75, 3.05) is 0 Å². The highest BCUT2D eigenvalue weighted by Gasteiger charge is 2.80. The molecule has 0 aromatic carbocycles. The van der Waals surface area contributed by atoms with Crippen LogP contribution in [0.25, 0.3) is 0 Å². The van der Waals surface area contributed by atoms with Crippen molar-refractivity contribution >= 4 is 0 Å². The van der Waals surface area contributed by atoms with E-state index in [1.54, 1.807) is 0 Å². The summed E-state index contributed by atoms with van der Waals surface area (Å²) in [4.78, 5) is 0. The summed E-state index contributed by atoms with van der Waals surface area (Å²) >= 11 is 0. The molecule has 1 aliphatic rings. The molecule has 0 atom stereocenters. The van der Waals surface area contributed by atoms with Crippen LogP contribution in [-0.4, -0.2) is 18.5 Å². The molecule has 1 aliphatic carbocycles. The second-order valence-corrected chi connectivity index (χ2v) is 3.20. The maximum absolute atomic E-state index is 11.8. The van der Waals surface area contributed by atoms with E-state index in [1.165, 1.54) is 0 Å². The van der Waals surface area contributed by atoms with Gasteiger partial charge in [-0.15, -0.1) is 0 Å². The van der Waals surface area contributed by atoms with Gasteiger partial charge in [0.05, 0.1) is 17.8 Å². The zero-order valence-corrected chi connectivity index (χ0v) is 6.63. The standard InChI is InChI=1S/C6H3F9/c7-4(8,9)1-2(5(10,11)12)3(1)6(13,14)15/h1-3H. The van der Waals surface area contributed by atoms with E-state index >= 15 is 0 Å². The predicted molar refractivity (Wildman–Crippen MR) is 28.6 cm³/mol. The summed E-state index contributed by atoms with van der Waals surface area (Å²) in [5.74, 6) is -10.0. The summed E-state index contributed by atoms with van der Waals surface area (Å²) in [6.45, 7) is 0. The first kappa shape index (κ1) is 12.4. The lowest BCUT2D eigenvalue weighted by atomic mass is 10.3. The van der Waals surface area contributed by atoms with Crippen molar-refractivity contribution in [1.29, 1.82) is 0 Å². The number of rotatable bonds is 0. The lowest BCUT2D eigenvalue weighted by molar-refractivity contribution is -0.191. The van der Waals surface area contributed by atoms with E-state index in [0.29, 0.717) is 0 Å². The molecule has 0 unspecified atom stereocenters. The van der Waals surface area contributed by atoms with Crippen LogP contribution in [-0.2, 0) is 0 Å². The highest BCUT2D eigenvalue weighted by Crippen LogP contribution is 2.67. The number of halogens is 9. The molecule has 0 aromatic heterocycles. The molecule has 0 aromatic rings. The molecule has 0 radical (unpaired) electrons. The number of alkyl halides is 9. The van der Waals surface area contributed by atoms with E-state index in [2.05, 4.69) is 0 Å². The molecule has 0 bridgehead atoms. The fourth-order valence-electron chi connectivity index (χ4n) is 1.53. The van der Waals surface area contributed by atoms with Gasteiger partial charge in [-0.05, 0) is 0 Å². The number of hydrogen-bond donors (Lipinski definition) is 0. The largest absolute Gasteiger partial charge is 0.393 e. The van der Waals surface area contributed by atoms with Gasteiger partial charge in [0.1, 0.15) is 0 Å². The van der Waals surface area contributed by atoms with Crippen molar-refractivity contribution in [3.8, 4) is 0 Å². The SMILES string of the molecule is FC(F)(F)C1C(C(F)(F)F)C1C(F)(F)F. The molecule has 90 valence electrons. The van der Waals surface area contributed by atoms with Crippen molar-refractivity contribution in [2.24, 2.45) is 17.8 Å². The van der Waals surface area contributed by atoms with Crippen molar-refractivity contribution in [3.63, 3.8) is 0 Å². The van der Waals surface area contributed by atoms with Gasteiger partial charge in [0, 0.05) is 0 Å². The van der Waals surface area contributed by atoms with Crippen molar-refractivity contribution in [1.82, 2.24) is 0 Å². The first-order valence-corrected chi connectivity index (χ1v) is 3.57. The maximum Gasteiger partial charge on any atom is 0.393 e. The molecule has 0 N–H and O–H groups in total. The van der Waals surface area contributed by atoms with Gasteiger partial charge >= 0.3 is 18.5 Å². The maximum atomic E-state index is 11.8. The fourth-order valence-corrected chi connectivity index (χ4v) is 1.53. The second kappa shape index (κ2) is 2.94. The van der Waals surface area contributed by atoms with Gasteiger partial charge < -0.3 is 0 Å². The summed E-state index contributed by atoms with van der Waals surface area (Å²) in [5.41, 5.74) is 0. The molecule has 1 fully saturated rings. The molecule has 0 spiro atoms. The van der Waals surface area contributed by atoms with Gasteiger partial charge in [0.2, 0.25) is 0 Å². The Morgan fingerprint density at radius 1 is 0.400 bits per heavy atom. The van der Waals surface area contributed by atoms with Crippen LogP contribution in [0.2, 0.25) is 0 Å². The third kappa shape index (κ3) is 2.31. The minimum Gasteiger partial charge on any atom is -0.171 e. The monoisotopic (exact) mass is 246 g/mol. The van der Waals surface area contributed by atoms with Crippen LogP contribution < -0.4 is 0 Å². The van der Waals surface area contributed by atoms with Crippen LogP contribution in [0.4, 0.5) is 39.5 Å². The van der Waals surface area contributed by atoms with E-state index in [4.69, 9.17) is 0 Å². The molecule has 15 heavy (non-hydrogen) atoms. The molecule has 9 heteroatoms. The highest BCUT2D eigenvalue weighted by molar-refractivity contribution is 5.07. The van der Waals surface area contributed by atoms with Crippen LogP contribution in [0.3, 0.4) is 0 Å². The Morgan fingerprint density at radius 2 is 0.533 bits per heavy atom. The fraction of sp³-hybridized carbons (Fsp3) is 1.00. The van der Waals surface area contributed by atoms with Crippen LogP contribution in [0.1, 0.15) is 0 Å². The van der Waals surface area contributed by atoms with Gasteiger partial charge in [-0.3, -0.25) is 0 Å². The zero-order chi connectivity index (χ0) is 12.2. The molecule has 0 nitrogen and oxygen atoms in total. The van der Waals surface area contributed by atoms with Crippen molar-refractivity contribution in [3.05, 3.63) is 0 Å². The Balaban J connectivity index is 2.91. The van der Waals surface area contributed by atoms with E-state index < -0.39 is 36.3 Å². The molecular formula is C6H3F9.